The highest BCUT2D eigenvalue weighted by Crippen LogP contribution is 2.52. The number of amides is 1. The summed E-state index contributed by atoms with van der Waals surface area (Å²) in [5.74, 6) is -4.17. The lowest BCUT2D eigenvalue weighted by atomic mass is 10.0. The number of benzene rings is 1. The quantitative estimate of drug-likeness (QED) is 0.570. The molecule has 1 saturated heterocycles. The molecule has 0 bridgehead atoms. The number of carbonyl (C=O) groups is 1. The van der Waals surface area contributed by atoms with E-state index in [1.807, 2.05) is 7.05 Å². The van der Waals surface area contributed by atoms with Gasteiger partial charge in [0.2, 0.25) is 0 Å². The van der Waals surface area contributed by atoms with Crippen molar-refractivity contribution in [2.75, 3.05) is 25.5 Å². The van der Waals surface area contributed by atoms with Crippen molar-refractivity contribution < 1.29 is 26.7 Å². The second-order valence-electron chi connectivity index (χ2n) is 9.79. The van der Waals surface area contributed by atoms with Gasteiger partial charge in [0, 0.05) is 43.4 Å². The average molecular weight is 496 g/mol. The molecule has 2 aromatic rings. The third-order valence-corrected chi connectivity index (χ3v) is 7.26. The third kappa shape index (κ3) is 4.30. The van der Waals surface area contributed by atoms with E-state index < -0.39 is 53.7 Å². The van der Waals surface area contributed by atoms with Gasteiger partial charge in [-0.2, -0.15) is 0 Å². The Labute approximate surface area is 198 Å². The molecule has 2 N–H and O–H groups in total. The van der Waals surface area contributed by atoms with E-state index in [4.69, 9.17) is 0 Å². The number of alkyl halides is 4. The van der Waals surface area contributed by atoms with Gasteiger partial charge in [-0.3, -0.25) is 9.59 Å². The van der Waals surface area contributed by atoms with Crippen LogP contribution in [0.2, 0.25) is 0 Å². The summed E-state index contributed by atoms with van der Waals surface area (Å²) < 4.78 is 69.0. The summed E-state index contributed by atoms with van der Waals surface area (Å²) in [6, 6.07) is 2.40. The van der Waals surface area contributed by atoms with Gasteiger partial charge in [0.25, 0.3) is 23.8 Å². The summed E-state index contributed by atoms with van der Waals surface area (Å²) in [4.78, 5) is 28.0. The summed E-state index contributed by atoms with van der Waals surface area (Å²) >= 11 is 0. The van der Waals surface area contributed by atoms with Crippen LogP contribution >= 0.6 is 0 Å². The lowest BCUT2D eigenvalue weighted by Crippen LogP contribution is -2.32. The van der Waals surface area contributed by atoms with Crippen LogP contribution in [0.15, 0.2) is 35.3 Å². The Morgan fingerprint density at radius 1 is 1.17 bits per heavy atom. The molecule has 11 heteroatoms. The maximum atomic E-state index is 14.6. The molecule has 5 atom stereocenters. The second-order valence-corrected chi connectivity index (χ2v) is 9.79. The summed E-state index contributed by atoms with van der Waals surface area (Å²) in [7, 11) is 2.00. The van der Waals surface area contributed by atoms with E-state index in [1.165, 1.54) is 19.1 Å². The Kier molecular flexibility index (Phi) is 5.65. The van der Waals surface area contributed by atoms with Crippen LogP contribution in [0.3, 0.4) is 0 Å². The topological polar surface area (TPSA) is 66.4 Å². The molecule has 2 aliphatic carbocycles. The van der Waals surface area contributed by atoms with Gasteiger partial charge < -0.3 is 20.1 Å². The Morgan fingerprint density at radius 3 is 2.40 bits per heavy atom. The van der Waals surface area contributed by atoms with Crippen molar-refractivity contribution in [1.82, 2.24) is 14.8 Å². The maximum absolute atomic E-state index is 14.6. The number of fused-ring (bicyclic) bond motifs is 1. The van der Waals surface area contributed by atoms with Gasteiger partial charge in [0.05, 0.1) is 22.9 Å². The Bertz CT molecular complexity index is 1220. The first-order valence-corrected chi connectivity index (χ1v) is 11.4. The van der Waals surface area contributed by atoms with E-state index in [0.717, 1.165) is 36.0 Å². The summed E-state index contributed by atoms with van der Waals surface area (Å²) in [5.41, 5.74) is -1.39. The number of nitrogens with one attached hydrogen (secondary N) is 2. The number of hydrogen-bond donors (Lipinski definition) is 2. The predicted molar refractivity (Wildman–Crippen MR) is 118 cm³/mol. The molecule has 2 heterocycles. The molecular weight excluding hydrogens is 471 g/mol. The molecular formula is C24H25F5N4O2. The molecule has 3 aliphatic rings. The first-order chi connectivity index (χ1) is 16.5. The molecule has 35 heavy (non-hydrogen) atoms. The normalized spacial score (nSPS) is 27.4. The Balaban J connectivity index is 1.43. The molecule has 0 unspecified atom stereocenters. The average Bonchev–Trinajstić information content (AvgIpc) is 3.54. The maximum Gasteiger partial charge on any atom is 0.270 e. The number of likely N-dealkylation sites (tertiary alicyclic amines) is 1. The zero-order valence-corrected chi connectivity index (χ0v) is 19.1. The zero-order chi connectivity index (χ0) is 25.2. The molecule has 6 nitrogen and oxygen atoms in total. The van der Waals surface area contributed by atoms with Gasteiger partial charge in [-0.15, -0.1) is 0 Å². The Hall–Kier alpha value is -2.95. The lowest BCUT2D eigenvalue weighted by molar-refractivity contribution is 0.0930. The van der Waals surface area contributed by atoms with Gasteiger partial charge in [0.1, 0.15) is 11.9 Å². The smallest absolute Gasteiger partial charge is 0.270 e. The Morgan fingerprint density at radius 2 is 1.80 bits per heavy atom. The minimum absolute atomic E-state index is 0.0390. The van der Waals surface area contributed by atoms with Gasteiger partial charge in [-0.1, -0.05) is 18.2 Å². The fraction of sp³-hybridized carbons (Fsp3) is 0.500. The summed E-state index contributed by atoms with van der Waals surface area (Å²) in [6.07, 6.45) is -2.41. The van der Waals surface area contributed by atoms with Crippen LogP contribution in [0.5, 0.6) is 0 Å². The molecule has 5 rings (SSSR count). The number of anilines is 1. The monoisotopic (exact) mass is 496 g/mol. The standard InChI is InChI=1S/C24H25F5N4O2/c1-11(12-4-3-5-13(20(12)25)22(26)27)30-23(35)16-10-33(18-7-24(18,28)29)19(34)6-17(16)31-21-14-8-32(2)9-15(14)21/h3-6,10-11,14-15,18,21-22,31H,7-9H2,1-2H3,(H,30,35)/t11-,14-,15+,18+,21-/m1/s1. The van der Waals surface area contributed by atoms with Crippen molar-refractivity contribution in [3.8, 4) is 0 Å². The first kappa shape index (κ1) is 23.8. The molecule has 0 spiro atoms. The van der Waals surface area contributed by atoms with Crippen LogP contribution in [0.25, 0.3) is 0 Å². The highest BCUT2D eigenvalue weighted by Gasteiger charge is 2.59. The fourth-order valence-electron chi connectivity index (χ4n) is 5.15. The van der Waals surface area contributed by atoms with Gasteiger partial charge in [-0.25, -0.2) is 22.0 Å². The summed E-state index contributed by atoms with van der Waals surface area (Å²) in [6.45, 7) is 3.17. The van der Waals surface area contributed by atoms with Crippen molar-refractivity contribution in [3.05, 3.63) is 63.3 Å². The molecule has 2 saturated carbocycles. The number of hydrogen-bond acceptors (Lipinski definition) is 4. The van der Waals surface area contributed by atoms with E-state index in [0.29, 0.717) is 11.8 Å². The van der Waals surface area contributed by atoms with Crippen molar-refractivity contribution in [3.63, 3.8) is 0 Å². The highest BCUT2D eigenvalue weighted by molar-refractivity contribution is 5.99. The molecule has 1 aromatic heterocycles. The number of pyridine rings is 1. The molecule has 0 radical (unpaired) electrons. The van der Waals surface area contributed by atoms with Crippen LogP contribution in [-0.4, -0.2) is 47.5 Å². The van der Waals surface area contributed by atoms with Crippen molar-refractivity contribution in [2.45, 2.75) is 43.8 Å². The number of nitrogens with zero attached hydrogens (tertiary/aromatic N) is 2. The lowest BCUT2D eigenvalue weighted by Gasteiger charge is -2.20. The molecule has 188 valence electrons. The van der Waals surface area contributed by atoms with Gasteiger partial charge in [-0.05, 0) is 25.8 Å². The number of aromatic nitrogens is 1. The van der Waals surface area contributed by atoms with Crippen LogP contribution in [0.1, 0.15) is 53.3 Å². The van der Waals surface area contributed by atoms with Crippen molar-refractivity contribution in [2.24, 2.45) is 11.8 Å². The van der Waals surface area contributed by atoms with E-state index in [-0.39, 0.29) is 22.9 Å². The van der Waals surface area contributed by atoms with Crippen molar-refractivity contribution in [1.29, 1.82) is 0 Å². The largest absolute Gasteiger partial charge is 0.381 e. The van der Waals surface area contributed by atoms with Crippen LogP contribution < -0.4 is 16.2 Å². The van der Waals surface area contributed by atoms with Crippen LogP contribution in [-0.2, 0) is 0 Å². The number of carbonyl (C=O) groups excluding carboxylic acids is 1. The minimum Gasteiger partial charge on any atom is -0.381 e. The van der Waals surface area contributed by atoms with E-state index in [9.17, 15) is 31.5 Å². The number of piperidine rings is 1. The predicted octanol–water partition coefficient (Wildman–Crippen LogP) is 3.97. The molecule has 1 aliphatic heterocycles. The summed E-state index contributed by atoms with van der Waals surface area (Å²) in [5, 5.41) is 5.79. The van der Waals surface area contributed by atoms with E-state index in [2.05, 4.69) is 15.5 Å². The minimum atomic E-state index is -3.03. The van der Waals surface area contributed by atoms with Crippen LogP contribution in [0.4, 0.5) is 27.6 Å². The van der Waals surface area contributed by atoms with Crippen LogP contribution in [0, 0.1) is 17.7 Å². The fourth-order valence-corrected chi connectivity index (χ4v) is 5.15. The van der Waals surface area contributed by atoms with E-state index in [1.54, 1.807) is 0 Å². The SMILES string of the molecule is C[C@@H](NC(=O)c1cn([C@H]2CC2(F)F)c(=O)cc1N[C@@H]1[C@@H]2CN(C)C[C@@H]21)c1cccc(C(F)F)c1F. The van der Waals surface area contributed by atoms with Gasteiger partial charge >= 0.3 is 0 Å². The zero-order valence-electron chi connectivity index (χ0n) is 19.1. The third-order valence-electron chi connectivity index (χ3n) is 7.26. The van der Waals surface area contributed by atoms with Gasteiger partial charge in [0.15, 0.2) is 0 Å². The van der Waals surface area contributed by atoms with E-state index >= 15 is 0 Å². The molecule has 1 aromatic carbocycles. The highest BCUT2D eigenvalue weighted by atomic mass is 19.3. The molecule has 1 amide bonds. The molecule has 3 fully saturated rings. The first-order valence-electron chi connectivity index (χ1n) is 11.4. The van der Waals surface area contributed by atoms with Crippen molar-refractivity contribution >= 4 is 11.6 Å². The number of halogens is 5. The number of rotatable bonds is 7. The second kappa shape index (κ2) is 8.32.